The molecule has 0 aliphatic heterocycles. The van der Waals surface area contributed by atoms with Gasteiger partial charge in [0, 0.05) is 0 Å². The maximum atomic E-state index is 11.6. The summed E-state index contributed by atoms with van der Waals surface area (Å²) in [7, 11) is 0. The molecule has 0 fully saturated rings. The minimum Gasteiger partial charge on any atom is -0.481 e. The quantitative estimate of drug-likeness (QED) is 0.0728. The van der Waals surface area contributed by atoms with E-state index in [1.54, 1.807) is 0 Å². The molecule has 0 spiro atoms. The van der Waals surface area contributed by atoms with Crippen LogP contribution in [0, 0.1) is 5.92 Å². The third kappa shape index (κ3) is 29.6. The fraction of sp³-hybridized carbons (Fsp3) is 0.914. The second kappa shape index (κ2) is 31.4. The lowest BCUT2D eigenvalue weighted by molar-refractivity contribution is -0.142. The van der Waals surface area contributed by atoms with Crippen molar-refractivity contribution in [1.82, 2.24) is 0 Å². The van der Waals surface area contributed by atoms with E-state index in [1.165, 1.54) is 161 Å². The average Bonchev–Trinajstić information content (AvgIpc) is 2.89. The minimum absolute atomic E-state index is 0.104. The first-order chi connectivity index (χ1) is 18.2. The van der Waals surface area contributed by atoms with Gasteiger partial charge in [0.05, 0.1) is 5.92 Å². The molecule has 1 N–H and O–H groups in total. The lowest BCUT2D eigenvalue weighted by Crippen LogP contribution is -2.13. The molecule has 0 amide bonds. The van der Waals surface area contributed by atoms with Crippen molar-refractivity contribution in [3.05, 3.63) is 12.2 Å². The van der Waals surface area contributed by atoms with Crippen LogP contribution in [0.15, 0.2) is 12.2 Å². The lowest BCUT2D eigenvalue weighted by atomic mass is 9.94. The molecule has 0 aromatic carbocycles. The Morgan fingerprint density at radius 1 is 0.459 bits per heavy atom. The van der Waals surface area contributed by atoms with Crippen molar-refractivity contribution in [2.24, 2.45) is 5.92 Å². The fourth-order valence-corrected chi connectivity index (χ4v) is 5.44. The first kappa shape index (κ1) is 36.2. The molecule has 0 aromatic rings. The molecule has 2 heteroatoms. The number of carboxylic acid groups (broad SMARTS) is 1. The van der Waals surface area contributed by atoms with Crippen LogP contribution in [0.4, 0.5) is 0 Å². The molecule has 0 radical (unpaired) electrons. The first-order valence-corrected chi connectivity index (χ1v) is 17.1. The van der Waals surface area contributed by atoms with Crippen molar-refractivity contribution in [3.8, 4) is 0 Å². The molecular formula is C35H68O2. The van der Waals surface area contributed by atoms with Crippen LogP contribution < -0.4 is 0 Å². The van der Waals surface area contributed by atoms with Crippen LogP contribution >= 0.6 is 0 Å². The summed E-state index contributed by atoms with van der Waals surface area (Å²) in [6.07, 6.45) is 42.4. The number of aliphatic carboxylic acids is 1. The highest BCUT2D eigenvalue weighted by Crippen LogP contribution is 2.20. The van der Waals surface area contributed by atoms with Crippen LogP contribution in [0.5, 0.6) is 0 Å². The van der Waals surface area contributed by atoms with Gasteiger partial charge in [-0.1, -0.05) is 174 Å². The molecule has 37 heavy (non-hydrogen) atoms. The van der Waals surface area contributed by atoms with E-state index in [1.807, 2.05) is 0 Å². The van der Waals surface area contributed by atoms with Gasteiger partial charge in [0.2, 0.25) is 0 Å². The van der Waals surface area contributed by atoms with Crippen molar-refractivity contribution in [3.63, 3.8) is 0 Å². The SMILES string of the molecule is CCCCCCCCC=CCCCCCCCCCCC(CCCCCCCCCCCCC)C(=O)O. The fourth-order valence-electron chi connectivity index (χ4n) is 5.44. The van der Waals surface area contributed by atoms with Crippen molar-refractivity contribution in [2.45, 2.75) is 200 Å². The Balaban J connectivity index is 3.42. The molecule has 220 valence electrons. The number of carboxylic acids is 1. The van der Waals surface area contributed by atoms with Gasteiger partial charge in [-0.05, 0) is 38.5 Å². The molecule has 0 rings (SSSR count). The maximum Gasteiger partial charge on any atom is 0.306 e. The largest absolute Gasteiger partial charge is 0.481 e. The van der Waals surface area contributed by atoms with E-state index in [4.69, 9.17) is 0 Å². The van der Waals surface area contributed by atoms with Gasteiger partial charge >= 0.3 is 5.97 Å². The summed E-state index contributed by atoms with van der Waals surface area (Å²) in [6.45, 7) is 4.55. The van der Waals surface area contributed by atoms with Crippen molar-refractivity contribution < 1.29 is 9.90 Å². The lowest BCUT2D eigenvalue weighted by Gasteiger charge is -2.12. The molecule has 0 aliphatic carbocycles. The molecular weight excluding hydrogens is 452 g/mol. The van der Waals surface area contributed by atoms with Crippen LogP contribution in [0.1, 0.15) is 200 Å². The smallest absolute Gasteiger partial charge is 0.306 e. The molecule has 0 bridgehead atoms. The van der Waals surface area contributed by atoms with Gasteiger partial charge < -0.3 is 5.11 Å². The zero-order valence-corrected chi connectivity index (χ0v) is 25.6. The zero-order valence-electron chi connectivity index (χ0n) is 25.6. The van der Waals surface area contributed by atoms with Crippen LogP contribution in [0.2, 0.25) is 0 Å². The van der Waals surface area contributed by atoms with Gasteiger partial charge in [-0.15, -0.1) is 0 Å². The monoisotopic (exact) mass is 521 g/mol. The van der Waals surface area contributed by atoms with Crippen LogP contribution in [-0.2, 0) is 4.79 Å². The summed E-state index contributed by atoms with van der Waals surface area (Å²) in [5, 5.41) is 9.57. The van der Waals surface area contributed by atoms with Gasteiger partial charge in [0.1, 0.15) is 0 Å². The standard InChI is InChI=1S/C35H68O2/c1-3-5-7-9-11-13-15-16-17-18-19-20-21-23-25-27-29-31-33-34(35(36)37)32-30-28-26-24-22-14-12-10-8-6-4-2/h16-17,34H,3-15,18-33H2,1-2H3,(H,36,37). The summed E-state index contributed by atoms with van der Waals surface area (Å²) in [4.78, 5) is 11.6. The van der Waals surface area contributed by atoms with Crippen LogP contribution in [0.25, 0.3) is 0 Å². The predicted molar refractivity (Wildman–Crippen MR) is 166 cm³/mol. The molecule has 0 heterocycles. The summed E-state index contributed by atoms with van der Waals surface area (Å²) >= 11 is 0. The number of hydrogen-bond acceptors (Lipinski definition) is 1. The zero-order chi connectivity index (χ0) is 27.1. The van der Waals surface area contributed by atoms with E-state index >= 15 is 0 Å². The number of rotatable bonds is 31. The van der Waals surface area contributed by atoms with E-state index in [-0.39, 0.29) is 5.92 Å². The third-order valence-electron chi connectivity index (χ3n) is 8.07. The molecule has 0 saturated heterocycles. The molecule has 0 aliphatic rings. The molecule has 1 atom stereocenters. The Labute approximate surface area is 233 Å². The Bertz CT molecular complexity index is 470. The second-order valence-electron chi connectivity index (χ2n) is 11.8. The number of carbonyl (C=O) groups is 1. The van der Waals surface area contributed by atoms with E-state index in [2.05, 4.69) is 26.0 Å². The predicted octanol–water partition coefficient (Wildman–Crippen LogP) is 12.6. The Kier molecular flexibility index (Phi) is 30.8. The normalized spacial score (nSPS) is 12.5. The van der Waals surface area contributed by atoms with E-state index < -0.39 is 5.97 Å². The summed E-state index contributed by atoms with van der Waals surface area (Å²) in [6, 6.07) is 0. The van der Waals surface area contributed by atoms with E-state index in [0.29, 0.717) is 0 Å². The van der Waals surface area contributed by atoms with Gasteiger partial charge in [-0.2, -0.15) is 0 Å². The van der Waals surface area contributed by atoms with Gasteiger partial charge in [-0.3, -0.25) is 4.79 Å². The van der Waals surface area contributed by atoms with Gasteiger partial charge in [0.25, 0.3) is 0 Å². The van der Waals surface area contributed by atoms with Crippen LogP contribution in [-0.4, -0.2) is 11.1 Å². The topological polar surface area (TPSA) is 37.3 Å². The molecule has 1 unspecified atom stereocenters. The highest BCUT2D eigenvalue weighted by Gasteiger charge is 2.16. The van der Waals surface area contributed by atoms with Gasteiger partial charge in [-0.25, -0.2) is 0 Å². The molecule has 0 saturated carbocycles. The van der Waals surface area contributed by atoms with Crippen molar-refractivity contribution >= 4 is 5.97 Å². The van der Waals surface area contributed by atoms with E-state index in [9.17, 15) is 9.90 Å². The molecule has 0 aromatic heterocycles. The highest BCUT2D eigenvalue weighted by atomic mass is 16.4. The summed E-state index contributed by atoms with van der Waals surface area (Å²) < 4.78 is 0. The number of hydrogen-bond donors (Lipinski definition) is 1. The Morgan fingerprint density at radius 2 is 0.730 bits per heavy atom. The van der Waals surface area contributed by atoms with Crippen molar-refractivity contribution in [2.75, 3.05) is 0 Å². The molecule has 2 nitrogen and oxygen atoms in total. The highest BCUT2D eigenvalue weighted by molar-refractivity contribution is 5.69. The van der Waals surface area contributed by atoms with Gasteiger partial charge in [0.15, 0.2) is 0 Å². The van der Waals surface area contributed by atoms with E-state index in [0.717, 1.165) is 25.7 Å². The maximum absolute atomic E-state index is 11.6. The minimum atomic E-state index is -0.562. The first-order valence-electron chi connectivity index (χ1n) is 17.1. The third-order valence-corrected chi connectivity index (χ3v) is 8.07. The summed E-state index contributed by atoms with van der Waals surface area (Å²) in [5.74, 6) is -0.666. The number of allylic oxidation sites excluding steroid dienone is 2. The Morgan fingerprint density at radius 3 is 1.03 bits per heavy atom. The van der Waals surface area contributed by atoms with Crippen molar-refractivity contribution in [1.29, 1.82) is 0 Å². The second-order valence-corrected chi connectivity index (χ2v) is 11.8. The Hall–Kier alpha value is -0.790. The number of unbranched alkanes of at least 4 members (excludes halogenated alkanes) is 24. The van der Waals surface area contributed by atoms with Crippen LogP contribution in [0.3, 0.4) is 0 Å². The summed E-state index contributed by atoms with van der Waals surface area (Å²) in [5.41, 5.74) is 0. The average molecular weight is 521 g/mol.